The van der Waals surface area contributed by atoms with Crippen molar-refractivity contribution in [2.75, 3.05) is 7.11 Å². The van der Waals surface area contributed by atoms with E-state index in [0.29, 0.717) is 28.2 Å². The van der Waals surface area contributed by atoms with Gasteiger partial charge in [0.2, 0.25) is 5.89 Å². The number of allylic oxidation sites excluding steroid dienone is 1. The fourth-order valence-electron chi connectivity index (χ4n) is 1.61. The Bertz CT molecular complexity index is 626. The largest absolute Gasteiger partial charge is 0.340 e. The second-order valence-corrected chi connectivity index (χ2v) is 4.80. The highest BCUT2D eigenvalue weighted by atomic mass is 35.5. The van der Waals surface area contributed by atoms with E-state index in [4.69, 9.17) is 32.6 Å². The Balaban J connectivity index is 2.23. The first-order valence-electron chi connectivity index (χ1n) is 5.84. The number of halogens is 2. The molecule has 0 aliphatic heterocycles. The number of hydroxylamine groups is 1. The quantitative estimate of drug-likeness (QED) is 0.857. The number of rotatable bonds is 5. The van der Waals surface area contributed by atoms with Crippen LogP contribution in [0.3, 0.4) is 0 Å². The Kier molecular flexibility index (Phi) is 5.00. The summed E-state index contributed by atoms with van der Waals surface area (Å²) in [5, 5.41) is 4.80. The molecule has 2 aromatic rings. The molecule has 1 aromatic heterocycles. The average Bonchev–Trinajstić information content (AvgIpc) is 2.84. The van der Waals surface area contributed by atoms with Gasteiger partial charge in [0.05, 0.1) is 22.9 Å². The summed E-state index contributed by atoms with van der Waals surface area (Å²) in [5.74, 6) is 1.13. The zero-order valence-electron chi connectivity index (χ0n) is 11.0. The molecule has 2 rings (SSSR count). The standard InChI is InChI=1S/C13H13Cl2N3O2/c1-8-16-13(18-20-8)6-5-12(17-19-2)9-3-4-10(14)11(15)7-9/h3-5,7,17H,6H2,1-2H3/b12-5-. The number of hydrogen-bond donors (Lipinski definition) is 1. The molecule has 5 nitrogen and oxygen atoms in total. The van der Waals surface area contributed by atoms with Crippen molar-refractivity contribution in [2.24, 2.45) is 0 Å². The minimum Gasteiger partial charge on any atom is -0.340 e. The van der Waals surface area contributed by atoms with Crippen molar-refractivity contribution >= 4 is 28.9 Å². The molecule has 0 radical (unpaired) electrons. The van der Waals surface area contributed by atoms with Crippen LogP contribution in [0, 0.1) is 6.92 Å². The highest BCUT2D eigenvalue weighted by Crippen LogP contribution is 2.25. The van der Waals surface area contributed by atoms with Gasteiger partial charge in [-0.2, -0.15) is 4.98 Å². The highest BCUT2D eigenvalue weighted by molar-refractivity contribution is 6.42. The number of nitrogens with zero attached hydrogens (tertiary/aromatic N) is 2. The van der Waals surface area contributed by atoms with Crippen LogP contribution < -0.4 is 5.48 Å². The summed E-state index contributed by atoms with van der Waals surface area (Å²) in [6.45, 7) is 1.74. The zero-order chi connectivity index (χ0) is 14.5. The number of hydrogen-bond acceptors (Lipinski definition) is 5. The third-order valence-electron chi connectivity index (χ3n) is 2.50. The Morgan fingerprint density at radius 2 is 2.20 bits per heavy atom. The van der Waals surface area contributed by atoms with E-state index in [0.717, 1.165) is 11.3 Å². The van der Waals surface area contributed by atoms with Crippen molar-refractivity contribution in [3.05, 3.63) is 51.6 Å². The maximum Gasteiger partial charge on any atom is 0.223 e. The molecule has 1 heterocycles. The molecule has 0 amide bonds. The summed E-state index contributed by atoms with van der Waals surface area (Å²) in [7, 11) is 1.53. The molecule has 0 atom stereocenters. The van der Waals surface area contributed by atoms with Gasteiger partial charge in [-0.25, -0.2) is 0 Å². The van der Waals surface area contributed by atoms with Crippen LogP contribution in [-0.4, -0.2) is 17.3 Å². The summed E-state index contributed by atoms with van der Waals surface area (Å²) >= 11 is 11.9. The van der Waals surface area contributed by atoms with E-state index in [1.807, 2.05) is 12.1 Å². The van der Waals surface area contributed by atoms with E-state index in [1.165, 1.54) is 7.11 Å². The van der Waals surface area contributed by atoms with Gasteiger partial charge >= 0.3 is 0 Å². The zero-order valence-corrected chi connectivity index (χ0v) is 12.5. The molecule has 0 saturated heterocycles. The number of nitrogens with one attached hydrogen (secondary N) is 1. The average molecular weight is 314 g/mol. The van der Waals surface area contributed by atoms with Gasteiger partial charge in [0.25, 0.3) is 0 Å². The molecule has 1 aromatic carbocycles. The predicted octanol–water partition coefficient (Wildman–Crippen LogP) is 3.42. The van der Waals surface area contributed by atoms with E-state index in [2.05, 4.69) is 15.6 Å². The minimum absolute atomic E-state index is 0.475. The molecule has 0 unspecified atom stereocenters. The first-order chi connectivity index (χ1) is 9.60. The third kappa shape index (κ3) is 3.72. The lowest BCUT2D eigenvalue weighted by Crippen LogP contribution is -2.10. The topological polar surface area (TPSA) is 60.2 Å². The van der Waals surface area contributed by atoms with Gasteiger partial charge in [-0.15, -0.1) is 0 Å². The molecule has 0 spiro atoms. The maximum absolute atomic E-state index is 6.01. The second-order valence-electron chi connectivity index (χ2n) is 3.99. The molecule has 0 saturated carbocycles. The Hall–Kier alpha value is -1.56. The normalized spacial score (nSPS) is 11.7. The number of aromatic nitrogens is 2. The van der Waals surface area contributed by atoms with E-state index >= 15 is 0 Å². The number of aryl methyl sites for hydroxylation is 1. The van der Waals surface area contributed by atoms with Gasteiger partial charge in [-0.1, -0.05) is 40.5 Å². The lowest BCUT2D eigenvalue weighted by molar-refractivity contribution is 0.136. The monoisotopic (exact) mass is 313 g/mol. The molecule has 7 heteroatoms. The molecule has 1 N–H and O–H groups in total. The molecular weight excluding hydrogens is 301 g/mol. The molecule has 0 aliphatic carbocycles. The fraction of sp³-hybridized carbons (Fsp3) is 0.231. The van der Waals surface area contributed by atoms with Crippen molar-refractivity contribution in [1.29, 1.82) is 0 Å². The van der Waals surface area contributed by atoms with Gasteiger partial charge in [-0.3, -0.25) is 10.3 Å². The van der Waals surface area contributed by atoms with Crippen LogP contribution in [0.2, 0.25) is 10.0 Å². The van der Waals surface area contributed by atoms with Crippen LogP contribution in [-0.2, 0) is 11.3 Å². The lowest BCUT2D eigenvalue weighted by atomic mass is 10.1. The van der Waals surface area contributed by atoms with Crippen LogP contribution in [0.25, 0.3) is 5.70 Å². The van der Waals surface area contributed by atoms with Crippen molar-refractivity contribution in [3.8, 4) is 0 Å². The minimum atomic E-state index is 0.475. The summed E-state index contributed by atoms with van der Waals surface area (Å²) in [4.78, 5) is 9.09. The van der Waals surface area contributed by atoms with Gasteiger partial charge in [-0.05, 0) is 12.1 Å². The summed E-state index contributed by atoms with van der Waals surface area (Å²) in [5.41, 5.74) is 4.39. The van der Waals surface area contributed by atoms with Gasteiger partial charge < -0.3 is 4.52 Å². The second kappa shape index (κ2) is 6.74. The van der Waals surface area contributed by atoms with Crippen molar-refractivity contribution in [3.63, 3.8) is 0 Å². The summed E-state index contributed by atoms with van der Waals surface area (Å²) in [6.07, 6.45) is 2.39. The first kappa shape index (κ1) is 14.8. The van der Waals surface area contributed by atoms with E-state index in [-0.39, 0.29) is 0 Å². The molecular formula is C13H13Cl2N3O2. The maximum atomic E-state index is 6.01. The predicted molar refractivity (Wildman–Crippen MR) is 77.3 cm³/mol. The molecule has 106 valence electrons. The van der Waals surface area contributed by atoms with Gasteiger partial charge in [0.1, 0.15) is 0 Å². The van der Waals surface area contributed by atoms with E-state index in [9.17, 15) is 0 Å². The van der Waals surface area contributed by atoms with Crippen LogP contribution in [0.5, 0.6) is 0 Å². The Morgan fingerprint density at radius 3 is 2.80 bits per heavy atom. The smallest absolute Gasteiger partial charge is 0.223 e. The van der Waals surface area contributed by atoms with Crippen LogP contribution in [0.1, 0.15) is 17.3 Å². The van der Waals surface area contributed by atoms with Crippen molar-refractivity contribution in [1.82, 2.24) is 15.6 Å². The lowest BCUT2D eigenvalue weighted by Gasteiger charge is -2.09. The van der Waals surface area contributed by atoms with Crippen LogP contribution in [0.15, 0.2) is 28.8 Å². The third-order valence-corrected chi connectivity index (χ3v) is 3.24. The molecule has 0 aliphatic rings. The van der Waals surface area contributed by atoms with E-state index < -0.39 is 0 Å². The SMILES string of the molecule is CON/C(=C\Cc1noc(C)n1)c1ccc(Cl)c(Cl)c1. The van der Waals surface area contributed by atoms with Crippen molar-refractivity contribution < 1.29 is 9.36 Å². The molecule has 20 heavy (non-hydrogen) atoms. The molecule has 0 fully saturated rings. The first-order valence-corrected chi connectivity index (χ1v) is 6.59. The number of benzene rings is 1. The van der Waals surface area contributed by atoms with Gasteiger partial charge in [0.15, 0.2) is 5.82 Å². The molecule has 0 bridgehead atoms. The van der Waals surface area contributed by atoms with Crippen LogP contribution >= 0.6 is 23.2 Å². The Labute approximate surface area is 126 Å². The summed E-state index contributed by atoms with van der Waals surface area (Å²) < 4.78 is 4.92. The van der Waals surface area contributed by atoms with E-state index in [1.54, 1.807) is 19.1 Å². The highest BCUT2D eigenvalue weighted by Gasteiger charge is 2.06. The fourth-order valence-corrected chi connectivity index (χ4v) is 1.91. The summed E-state index contributed by atoms with van der Waals surface area (Å²) in [6, 6.07) is 5.32. The van der Waals surface area contributed by atoms with Gasteiger partial charge in [0, 0.05) is 18.9 Å². The van der Waals surface area contributed by atoms with Crippen molar-refractivity contribution in [2.45, 2.75) is 13.3 Å². The Morgan fingerprint density at radius 1 is 1.40 bits per heavy atom. The van der Waals surface area contributed by atoms with Crippen LogP contribution in [0.4, 0.5) is 0 Å².